The molecular weight excluding hydrogens is 348 g/mol. The van der Waals surface area contributed by atoms with Gasteiger partial charge in [0.15, 0.2) is 6.61 Å². The topological polar surface area (TPSA) is 58.6 Å². The number of rotatable bonds is 8. The number of esters is 1. The first kappa shape index (κ1) is 20.0. The van der Waals surface area contributed by atoms with Gasteiger partial charge in [0.2, 0.25) is 0 Å². The maximum atomic E-state index is 12.1. The lowest BCUT2D eigenvalue weighted by Gasteiger charge is -2.13. The molecule has 1 N–H and O–H groups in total. The standard InChI is InChI=1S/C20H26N2O3S/c1-5-6-16-11-18(26-14(16)2)20(24)25-13-19(23)21-12-15-7-9-17(10-8-15)22(3)4/h7-11H,5-6,12-13H2,1-4H3,(H,21,23). The van der Waals surface area contributed by atoms with Crippen molar-refractivity contribution in [2.75, 3.05) is 25.6 Å². The summed E-state index contributed by atoms with van der Waals surface area (Å²) in [6, 6.07) is 9.79. The van der Waals surface area contributed by atoms with Gasteiger partial charge < -0.3 is 15.0 Å². The first-order chi connectivity index (χ1) is 12.4. The van der Waals surface area contributed by atoms with E-state index in [1.807, 2.05) is 56.3 Å². The molecule has 0 aliphatic rings. The second-order valence-electron chi connectivity index (χ2n) is 6.36. The monoisotopic (exact) mass is 374 g/mol. The number of thiophene rings is 1. The number of benzene rings is 1. The van der Waals surface area contributed by atoms with Gasteiger partial charge in [0, 0.05) is 31.2 Å². The number of amides is 1. The number of nitrogens with one attached hydrogen (secondary N) is 1. The molecule has 0 fully saturated rings. The molecule has 5 nitrogen and oxygen atoms in total. The predicted octanol–water partition coefficient (Wildman–Crippen LogP) is 3.55. The van der Waals surface area contributed by atoms with Crippen LogP contribution in [0.4, 0.5) is 5.69 Å². The first-order valence-electron chi connectivity index (χ1n) is 8.70. The highest BCUT2D eigenvalue weighted by molar-refractivity contribution is 7.14. The van der Waals surface area contributed by atoms with Gasteiger partial charge in [0.05, 0.1) is 0 Å². The molecule has 1 aromatic heterocycles. The molecule has 1 amide bonds. The van der Waals surface area contributed by atoms with E-state index < -0.39 is 5.97 Å². The van der Waals surface area contributed by atoms with Crippen LogP contribution in [-0.2, 0) is 22.5 Å². The number of carbonyl (C=O) groups is 2. The van der Waals surface area contributed by atoms with E-state index >= 15 is 0 Å². The Bertz CT molecular complexity index is 751. The molecule has 0 aliphatic heterocycles. The first-order valence-corrected chi connectivity index (χ1v) is 9.51. The summed E-state index contributed by atoms with van der Waals surface area (Å²) in [5, 5.41) is 2.76. The Kier molecular flexibility index (Phi) is 7.21. The number of hydrogen-bond acceptors (Lipinski definition) is 5. The van der Waals surface area contributed by atoms with Gasteiger partial charge in [-0.05, 0) is 42.7 Å². The summed E-state index contributed by atoms with van der Waals surface area (Å²) in [4.78, 5) is 27.7. The molecule has 6 heteroatoms. The van der Waals surface area contributed by atoms with E-state index in [-0.39, 0.29) is 12.5 Å². The van der Waals surface area contributed by atoms with Crippen LogP contribution >= 0.6 is 11.3 Å². The van der Waals surface area contributed by atoms with Crippen LogP contribution < -0.4 is 10.2 Å². The van der Waals surface area contributed by atoms with Gasteiger partial charge in [-0.2, -0.15) is 0 Å². The van der Waals surface area contributed by atoms with Crippen molar-refractivity contribution in [3.63, 3.8) is 0 Å². The average Bonchev–Trinajstić information content (AvgIpc) is 2.99. The quantitative estimate of drug-likeness (QED) is 0.718. The Morgan fingerprint density at radius 1 is 1.19 bits per heavy atom. The molecule has 0 saturated heterocycles. The number of hydrogen-bond donors (Lipinski definition) is 1. The zero-order valence-corrected chi connectivity index (χ0v) is 16.6. The maximum absolute atomic E-state index is 12.1. The van der Waals surface area contributed by atoms with Crippen molar-refractivity contribution >= 4 is 28.9 Å². The number of carbonyl (C=O) groups excluding carboxylic acids is 2. The van der Waals surface area contributed by atoms with E-state index in [1.165, 1.54) is 16.9 Å². The van der Waals surface area contributed by atoms with Crippen LogP contribution in [0.2, 0.25) is 0 Å². The zero-order chi connectivity index (χ0) is 19.1. The fourth-order valence-electron chi connectivity index (χ4n) is 2.50. The van der Waals surface area contributed by atoms with Gasteiger partial charge >= 0.3 is 5.97 Å². The second-order valence-corrected chi connectivity index (χ2v) is 7.61. The van der Waals surface area contributed by atoms with Crippen molar-refractivity contribution in [2.45, 2.75) is 33.2 Å². The minimum atomic E-state index is -0.439. The van der Waals surface area contributed by atoms with Crippen molar-refractivity contribution in [1.82, 2.24) is 5.32 Å². The van der Waals surface area contributed by atoms with E-state index in [2.05, 4.69) is 12.2 Å². The van der Waals surface area contributed by atoms with Crippen molar-refractivity contribution in [2.24, 2.45) is 0 Å². The number of nitrogens with zero attached hydrogens (tertiary/aromatic N) is 1. The minimum Gasteiger partial charge on any atom is -0.451 e. The lowest BCUT2D eigenvalue weighted by atomic mass is 10.1. The highest BCUT2D eigenvalue weighted by Crippen LogP contribution is 2.23. The van der Waals surface area contributed by atoms with Crippen LogP contribution in [-0.4, -0.2) is 32.6 Å². The number of ether oxygens (including phenoxy) is 1. The van der Waals surface area contributed by atoms with E-state index in [4.69, 9.17) is 4.74 Å². The molecular formula is C20H26N2O3S. The number of aryl methyl sites for hydroxylation is 2. The molecule has 0 spiro atoms. The van der Waals surface area contributed by atoms with Gasteiger partial charge in [-0.1, -0.05) is 25.5 Å². The molecule has 0 atom stereocenters. The molecule has 0 unspecified atom stereocenters. The van der Waals surface area contributed by atoms with Gasteiger partial charge in [-0.3, -0.25) is 4.79 Å². The van der Waals surface area contributed by atoms with Gasteiger partial charge in [-0.25, -0.2) is 4.79 Å². The van der Waals surface area contributed by atoms with Crippen LogP contribution in [0.3, 0.4) is 0 Å². The lowest BCUT2D eigenvalue weighted by Crippen LogP contribution is -2.28. The van der Waals surface area contributed by atoms with Crippen molar-refractivity contribution in [3.05, 3.63) is 51.2 Å². The fourth-order valence-corrected chi connectivity index (χ4v) is 3.47. The summed E-state index contributed by atoms with van der Waals surface area (Å²) >= 11 is 1.42. The molecule has 140 valence electrons. The molecule has 26 heavy (non-hydrogen) atoms. The third-order valence-electron chi connectivity index (χ3n) is 4.02. The summed E-state index contributed by atoms with van der Waals surface area (Å²) < 4.78 is 5.13. The third kappa shape index (κ3) is 5.59. The van der Waals surface area contributed by atoms with E-state index in [0.717, 1.165) is 29.0 Å². The average molecular weight is 375 g/mol. The molecule has 1 aromatic carbocycles. The molecule has 0 saturated carbocycles. The van der Waals surface area contributed by atoms with Crippen LogP contribution in [0, 0.1) is 6.92 Å². The highest BCUT2D eigenvalue weighted by atomic mass is 32.1. The highest BCUT2D eigenvalue weighted by Gasteiger charge is 2.15. The van der Waals surface area contributed by atoms with Gasteiger partial charge in [-0.15, -0.1) is 11.3 Å². The van der Waals surface area contributed by atoms with Crippen LogP contribution in [0.15, 0.2) is 30.3 Å². The van der Waals surface area contributed by atoms with Gasteiger partial charge in [0.1, 0.15) is 4.88 Å². The van der Waals surface area contributed by atoms with Crippen LogP contribution in [0.5, 0.6) is 0 Å². The zero-order valence-electron chi connectivity index (χ0n) is 15.8. The van der Waals surface area contributed by atoms with Crippen molar-refractivity contribution in [1.29, 1.82) is 0 Å². The summed E-state index contributed by atoms with van der Waals surface area (Å²) in [7, 11) is 3.96. The lowest BCUT2D eigenvalue weighted by molar-refractivity contribution is -0.124. The Balaban J connectivity index is 1.79. The molecule has 0 radical (unpaired) electrons. The Hall–Kier alpha value is -2.34. The Morgan fingerprint density at radius 2 is 1.88 bits per heavy atom. The molecule has 2 rings (SSSR count). The van der Waals surface area contributed by atoms with E-state index in [0.29, 0.717) is 11.4 Å². The van der Waals surface area contributed by atoms with E-state index in [1.54, 1.807) is 0 Å². The Morgan fingerprint density at radius 3 is 2.50 bits per heavy atom. The normalized spacial score (nSPS) is 10.5. The van der Waals surface area contributed by atoms with Crippen molar-refractivity contribution in [3.8, 4) is 0 Å². The third-order valence-corrected chi connectivity index (χ3v) is 5.09. The van der Waals surface area contributed by atoms with E-state index in [9.17, 15) is 9.59 Å². The molecule has 2 aromatic rings. The smallest absolute Gasteiger partial charge is 0.348 e. The largest absolute Gasteiger partial charge is 0.451 e. The fraction of sp³-hybridized carbons (Fsp3) is 0.400. The van der Waals surface area contributed by atoms with Crippen molar-refractivity contribution < 1.29 is 14.3 Å². The minimum absolute atomic E-state index is 0.269. The molecule has 1 heterocycles. The maximum Gasteiger partial charge on any atom is 0.348 e. The predicted molar refractivity (Wildman–Crippen MR) is 106 cm³/mol. The van der Waals surface area contributed by atoms with Crippen LogP contribution in [0.1, 0.15) is 39.0 Å². The second kappa shape index (κ2) is 9.38. The summed E-state index contributed by atoms with van der Waals surface area (Å²) in [5.74, 6) is -0.747. The summed E-state index contributed by atoms with van der Waals surface area (Å²) in [6.07, 6.45) is 1.98. The molecule has 0 aliphatic carbocycles. The van der Waals surface area contributed by atoms with Gasteiger partial charge in [0.25, 0.3) is 5.91 Å². The SMILES string of the molecule is CCCc1cc(C(=O)OCC(=O)NCc2ccc(N(C)C)cc2)sc1C. The summed E-state index contributed by atoms with van der Waals surface area (Å²) in [5.41, 5.74) is 3.27. The number of anilines is 1. The Labute approximate surface area is 159 Å². The molecule has 0 bridgehead atoms. The van der Waals surface area contributed by atoms with Crippen LogP contribution in [0.25, 0.3) is 0 Å². The summed E-state index contributed by atoms with van der Waals surface area (Å²) in [6.45, 7) is 4.24.